The number of carbonyl (C=O) groups excluding carboxylic acids is 1. The van der Waals surface area contributed by atoms with Crippen LogP contribution in [0.2, 0.25) is 0 Å². The van der Waals surface area contributed by atoms with Gasteiger partial charge in [-0.3, -0.25) is 0 Å². The molecule has 1 unspecified atom stereocenters. The largest absolute Gasteiger partial charge is 0.490 e. The molecule has 0 spiro atoms. The first-order valence-corrected chi connectivity index (χ1v) is 7.13. The third kappa shape index (κ3) is 4.38. The second kappa shape index (κ2) is 7.38. The van der Waals surface area contributed by atoms with Gasteiger partial charge >= 0.3 is 18.2 Å². The zero-order valence-electron chi connectivity index (χ0n) is 12.8. The molecule has 0 saturated carbocycles. The van der Waals surface area contributed by atoms with Crippen molar-refractivity contribution in [2.24, 2.45) is 5.73 Å². The number of aliphatic carboxylic acids is 1. The number of hydrogen-bond acceptors (Lipinski definition) is 5. The number of halogens is 3. The Bertz CT molecular complexity index is 762. The zero-order chi connectivity index (χ0) is 18.6. The predicted octanol–water partition coefficient (Wildman–Crippen LogP) is 1.49. The Morgan fingerprint density at radius 3 is 2.60 bits per heavy atom. The van der Waals surface area contributed by atoms with Crippen LogP contribution < -0.4 is 11.1 Å². The number of aromatic nitrogens is 1. The fourth-order valence-corrected chi connectivity index (χ4v) is 2.36. The molecule has 0 radical (unpaired) electrons. The number of carboxylic acid groups (broad SMARTS) is 1. The van der Waals surface area contributed by atoms with Gasteiger partial charge in [-0.25, -0.2) is 9.59 Å². The number of urea groups is 1. The lowest BCUT2D eigenvalue weighted by atomic mass is 10.1. The molecule has 1 saturated heterocycles. The van der Waals surface area contributed by atoms with Crippen LogP contribution in [0.3, 0.4) is 0 Å². The van der Waals surface area contributed by atoms with E-state index in [1.165, 1.54) is 0 Å². The standard InChI is InChI=1S/C12H14N4O2.C2HF3O2/c13-12(17)16-6-5-14-7-9(16)11-8-3-1-2-4-10(8)18-15-11;3-2(4,5)1(6)7/h1-4,9,14H,5-7H2,(H2,13,17);(H,6,7). The summed E-state index contributed by atoms with van der Waals surface area (Å²) in [6.07, 6.45) is -5.08. The molecule has 0 bridgehead atoms. The summed E-state index contributed by atoms with van der Waals surface area (Å²) in [6.45, 7) is 1.97. The number of nitrogens with one attached hydrogen (secondary N) is 1. The van der Waals surface area contributed by atoms with Crippen LogP contribution in [0.5, 0.6) is 0 Å². The Kier molecular flexibility index (Phi) is 5.47. The highest BCUT2D eigenvalue weighted by Gasteiger charge is 2.38. The lowest BCUT2D eigenvalue weighted by Crippen LogP contribution is -2.50. The Balaban J connectivity index is 0.000000277. The molecule has 2 aromatic rings. The molecule has 1 fully saturated rings. The van der Waals surface area contributed by atoms with Crippen molar-refractivity contribution in [3.05, 3.63) is 30.0 Å². The van der Waals surface area contributed by atoms with Gasteiger partial charge in [0.1, 0.15) is 5.69 Å². The molecule has 3 rings (SSSR count). The van der Waals surface area contributed by atoms with Gasteiger partial charge in [0.15, 0.2) is 5.58 Å². The molecule has 2 amide bonds. The summed E-state index contributed by atoms with van der Waals surface area (Å²) in [7, 11) is 0. The monoisotopic (exact) mass is 360 g/mol. The van der Waals surface area contributed by atoms with Crippen molar-refractivity contribution in [1.29, 1.82) is 0 Å². The first-order chi connectivity index (χ1) is 11.7. The number of benzene rings is 1. The fraction of sp³-hybridized carbons (Fsp3) is 0.357. The molecule has 1 aromatic carbocycles. The van der Waals surface area contributed by atoms with Crippen molar-refractivity contribution >= 4 is 23.0 Å². The average molecular weight is 360 g/mol. The number of nitrogens with two attached hydrogens (primary N) is 1. The van der Waals surface area contributed by atoms with Crippen LogP contribution in [-0.4, -0.2) is 53.0 Å². The number of hydrogen-bond donors (Lipinski definition) is 3. The minimum absolute atomic E-state index is 0.167. The van der Waals surface area contributed by atoms with E-state index < -0.39 is 18.2 Å². The van der Waals surface area contributed by atoms with Crippen molar-refractivity contribution < 1.29 is 32.4 Å². The van der Waals surface area contributed by atoms with E-state index in [9.17, 15) is 18.0 Å². The number of rotatable bonds is 1. The number of fused-ring (bicyclic) bond motifs is 1. The van der Waals surface area contributed by atoms with Gasteiger partial charge in [0, 0.05) is 25.0 Å². The third-order valence-electron chi connectivity index (χ3n) is 3.49. The highest BCUT2D eigenvalue weighted by atomic mass is 19.4. The van der Waals surface area contributed by atoms with Crippen LogP contribution >= 0.6 is 0 Å². The van der Waals surface area contributed by atoms with E-state index in [1.807, 2.05) is 24.3 Å². The van der Waals surface area contributed by atoms with Gasteiger partial charge in [-0.1, -0.05) is 17.3 Å². The summed E-state index contributed by atoms with van der Waals surface area (Å²) in [5.41, 5.74) is 6.89. The summed E-state index contributed by atoms with van der Waals surface area (Å²) < 4.78 is 37.0. The van der Waals surface area contributed by atoms with E-state index in [2.05, 4.69) is 10.5 Å². The van der Waals surface area contributed by atoms with Crippen LogP contribution in [0.15, 0.2) is 28.8 Å². The first-order valence-electron chi connectivity index (χ1n) is 7.13. The Morgan fingerprint density at radius 2 is 2.00 bits per heavy atom. The van der Waals surface area contributed by atoms with Crippen molar-refractivity contribution in [3.63, 3.8) is 0 Å². The maximum Gasteiger partial charge on any atom is 0.490 e. The summed E-state index contributed by atoms with van der Waals surface area (Å²) in [5.74, 6) is -2.76. The van der Waals surface area contributed by atoms with E-state index in [1.54, 1.807) is 4.90 Å². The van der Waals surface area contributed by atoms with E-state index in [0.717, 1.165) is 23.2 Å². The number of carboxylic acids is 1. The Labute approximate surface area is 139 Å². The number of carbonyl (C=O) groups is 2. The lowest BCUT2D eigenvalue weighted by Gasteiger charge is -2.33. The van der Waals surface area contributed by atoms with Crippen LogP contribution in [0.1, 0.15) is 11.7 Å². The summed E-state index contributed by atoms with van der Waals surface area (Å²) >= 11 is 0. The molecule has 0 aliphatic carbocycles. The van der Waals surface area contributed by atoms with Gasteiger partial charge in [0.05, 0.1) is 6.04 Å². The SMILES string of the molecule is NC(=O)N1CCNCC1c1noc2ccccc12.O=C(O)C(F)(F)F. The molecule has 1 aliphatic heterocycles. The highest BCUT2D eigenvalue weighted by Crippen LogP contribution is 2.28. The van der Waals surface area contributed by atoms with Gasteiger partial charge < -0.3 is 25.6 Å². The molecule has 1 aromatic heterocycles. The van der Waals surface area contributed by atoms with Gasteiger partial charge in [0.25, 0.3) is 0 Å². The lowest BCUT2D eigenvalue weighted by molar-refractivity contribution is -0.192. The van der Waals surface area contributed by atoms with Crippen molar-refractivity contribution in [2.75, 3.05) is 19.6 Å². The smallest absolute Gasteiger partial charge is 0.475 e. The first kappa shape index (κ1) is 18.5. The maximum absolute atomic E-state index is 11.5. The van der Waals surface area contributed by atoms with Crippen LogP contribution in [0.25, 0.3) is 11.0 Å². The van der Waals surface area contributed by atoms with Crippen LogP contribution in [-0.2, 0) is 4.79 Å². The molecule has 4 N–H and O–H groups in total. The van der Waals surface area contributed by atoms with Crippen LogP contribution in [0, 0.1) is 0 Å². The zero-order valence-corrected chi connectivity index (χ0v) is 12.8. The Morgan fingerprint density at radius 1 is 1.36 bits per heavy atom. The minimum Gasteiger partial charge on any atom is -0.475 e. The van der Waals surface area contributed by atoms with E-state index in [4.69, 9.17) is 20.2 Å². The quantitative estimate of drug-likeness (QED) is 0.708. The molecule has 1 aliphatic rings. The van der Waals surface area contributed by atoms with Gasteiger partial charge in [-0.15, -0.1) is 0 Å². The van der Waals surface area contributed by atoms with Gasteiger partial charge in [-0.05, 0) is 12.1 Å². The average Bonchev–Trinajstić information content (AvgIpc) is 2.98. The highest BCUT2D eigenvalue weighted by molar-refractivity contribution is 5.81. The molecule has 8 nitrogen and oxygen atoms in total. The van der Waals surface area contributed by atoms with Crippen molar-refractivity contribution in [1.82, 2.24) is 15.4 Å². The minimum atomic E-state index is -5.08. The number of para-hydroxylation sites is 1. The number of primary amides is 1. The summed E-state index contributed by atoms with van der Waals surface area (Å²) in [4.78, 5) is 22.0. The number of alkyl halides is 3. The maximum atomic E-state index is 11.5. The summed E-state index contributed by atoms with van der Waals surface area (Å²) in [5, 5.41) is 15.4. The third-order valence-corrected chi connectivity index (χ3v) is 3.49. The number of amides is 2. The predicted molar refractivity (Wildman–Crippen MR) is 79.6 cm³/mol. The fourth-order valence-electron chi connectivity index (χ4n) is 2.36. The van der Waals surface area contributed by atoms with Gasteiger partial charge in [-0.2, -0.15) is 13.2 Å². The van der Waals surface area contributed by atoms with Crippen molar-refractivity contribution in [3.8, 4) is 0 Å². The second-order valence-electron chi connectivity index (χ2n) is 5.12. The molecule has 1 atom stereocenters. The number of piperazine rings is 1. The van der Waals surface area contributed by atoms with E-state index >= 15 is 0 Å². The van der Waals surface area contributed by atoms with Gasteiger partial charge in [0.2, 0.25) is 0 Å². The molecule has 25 heavy (non-hydrogen) atoms. The molecular weight excluding hydrogens is 345 g/mol. The normalized spacial score (nSPS) is 17.7. The van der Waals surface area contributed by atoms with Crippen molar-refractivity contribution in [2.45, 2.75) is 12.2 Å². The second-order valence-corrected chi connectivity index (χ2v) is 5.12. The van der Waals surface area contributed by atoms with Crippen LogP contribution in [0.4, 0.5) is 18.0 Å². The number of nitrogens with zero attached hydrogens (tertiary/aromatic N) is 2. The molecule has 136 valence electrons. The molecular formula is C14H15F3N4O4. The summed E-state index contributed by atoms with van der Waals surface area (Å²) in [6, 6.07) is 7.02. The van der Waals surface area contributed by atoms with E-state index in [0.29, 0.717) is 13.1 Å². The van der Waals surface area contributed by atoms with E-state index in [-0.39, 0.29) is 6.04 Å². The topological polar surface area (TPSA) is 122 Å². The molecule has 2 heterocycles. The Hall–Kier alpha value is -2.82. The molecule has 11 heteroatoms.